The van der Waals surface area contributed by atoms with Crippen molar-refractivity contribution >= 4 is 6.08 Å². The average Bonchev–Trinajstić information content (AvgIpc) is 2.30. The lowest BCUT2D eigenvalue weighted by Crippen LogP contribution is -2.19. The van der Waals surface area contributed by atoms with Crippen LogP contribution >= 0.6 is 0 Å². The van der Waals surface area contributed by atoms with Crippen molar-refractivity contribution in [2.45, 2.75) is 6.92 Å². The Labute approximate surface area is 96.8 Å². The molecule has 2 N–H and O–H groups in total. The van der Waals surface area contributed by atoms with Crippen LogP contribution in [0.15, 0.2) is 29.8 Å². The topological polar surface area (TPSA) is 41.5 Å². The largest absolute Gasteiger partial charge is 0.497 e. The Morgan fingerprint density at radius 2 is 2.06 bits per heavy atom. The van der Waals surface area contributed by atoms with Crippen molar-refractivity contribution < 1.29 is 9.84 Å². The second-order valence-corrected chi connectivity index (χ2v) is 3.66. The van der Waals surface area contributed by atoms with Gasteiger partial charge >= 0.3 is 0 Å². The Morgan fingerprint density at radius 3 is 2.62 bits per heavy atom. The van der Waals surface area contributed by atoms with Gasteiger partial charge in [-0.05, 0) is 24.6 Å². The highest BCUT2D eigenvalue weighted by molar-refractivity contribution is 5.53. The van der Waals surface area contributed by atoms with Gasteiger partial charge in [-0.1, -0.05) is 23.8 Å². The van der Waals surface area contributed by atoms with Crippen molar-refractivity contribution in [1.82, 2.24) is 5.32 Å². The van der Waals surface area contributed by atoms with Crippen LogP contribution in [0, 0.1) is 0 Å². The average molecular weight is 221 g/mol. The van der Waals surface area contributed by atoms with Gasteiger partial charge in [0.05, 0.1) is 13.7 Å². The molecule has 16 heavy (non-hydrogen) atoms. The Hall–Kier alpha value is -1.32. The maximum absolute atomic E-state index is 8.63. The standard InChI is InChI=1S/C13H19NO2/c1-11(10-14-7-8-15)9-12-3-5-13(16-2)6-4-12/h3-6,9,14-15H,7-8,10H2,1-2H3/b11-9-. The van der Waals surface area contributed by atoms with Crippen molar-refractivity contribution in [2.75, 3.05) is 26.8 Å². The molecule has 0 aliphatic heterocycles. The molecule has 3 nitrogen and oxygen atoms in total. The summed E-state index contributed by atoms with van der Waals surface area (Å²) in [4.78, 5) is 0. The van der Waals surface area contributed by atoms with Crippen molar-refractivity contribution in [2.24, 2.45) is 0 Å². The molecule has 3 heteroatoms. The number of ether oxygens (including phenoxy) is 1. The van der Waals surface area contributed by atoms with Crippen LogP contribution in [0.1, 0.15) is 12.5 Å². The fourth-order valence-electron chi connectivity index (χ4n) is 1.40. The van der Waals surface area contributed by atoms with Crippen molar-refractivity contribution in [3.63, 3.8) is 0 Å². The SMILES string of the molecule is COc1ccc(/C=C(/C)CNCCO)cc1. The highest BCUT2D eigenvalue weighted by Crippen LogP contribution is 2.13. The molecule has 0 saturated carbocycles. The van der Waals surface area contributed by atoms with E-state index in [1.807, 2.05) is 24.3 Å². The number of hydrogen-bond donors (Lipinski definition) is 2. The summed E-state index contributed by atoms with van der Waals surface area (Å²) in [7, 11) is 1.66. The lowest BCUT2D eigenvalue weighted by Gasteiger charge is -2.04. The second-order valence-electron chi connectivity index (χ2n) is 3.66. The van der Waals surface area contributed by atoms with E-state index in [0.29, 0.717) is 6.54 Å². The predicted octanol–water partition coefficient (Wildman–Crippen LogP) is 1.68. The predicted molar refractivity (Wildman–Crippen MR) is 66.6 cm³/mol. The van der Waals surface area contributed by atoms with Crippen LogP contribution in [0.2, 0.25) is 0 Å². The van der Waals surface area contributed by atoms with Crippen LogP contribution in [0.4, 0.5) is 0 Å². The van der Waals surface area contributed by atoms with Gasteiger partial charge in [-0.2, -0.15) is 0 Å². The third-order valence-corrected chi connectivity index (χ3v) is 2.22. The summed E-state index contributed by atoms with van der Waals surface area (Å²) in [6.45, 7) is 3.67. The minimum absolute atomic E-state index is 0.176. The molecule has 1 rings (SSSR count). The fourth-order valence-corrected chi connectivity index (χ4v) is 1.40. The number of hydrogen-bond acceptors (Lipinski definition) is 3. The monoisotopic (exact) mass is 221 g/mol. The molecule has 0 saturated heterocycles. The van der Waals surface area contributed by atoms with E-state index in [2.05, 4.69) is 18.3 Å². The van der Waals surface area contributed by atoms with Gasteiger partial charge in [0.1, 0.15) is 5.75 Å². The molecule has 0 aliphatic carbocycles. The Bertz CT molecular complexity index is 330. The van der Waals surface area contributed by atoms with Crippen molar-refractivity contribution in [3.8, 4) is 5.75 Å². The molecule has 0 aromatic heterocycles. The fraction of sp³-hybridized carbons (Fsp3) is 0.385. The summed E-state index contributed by atoms with van der Waals surface area (Å²) in [5.41, 5.74) is 2.39. The lowest BCUT2D eigenvalue weighted by molar-refractivity contribution is 0.294. The van der Waals surface area contributed by atoms with Crippen LogP contribution in [0.5, 0.6) is 5.75 Å². The van der Waals surface area contributed by atoms with E-state index in [1.54, 1.807) is 7.11 Å². The van der Waals surface area contributed by atoms with Gasteiger partial charge in [-0.25, -0.2) is 0 Å². The first-order chi connectivity index (χ1) is 7.76. The second kappa shape index (κ2) is 7.04. The third kappa shape index (κ3) is 4.47. The maximum Gasteiger partial charge on any atom is 0.118 e. The number of aliphatic hydroxyl groups excluding tert-OH is 1. The number of methoxy groups -OCH3 is 1. The van der Waals surface area contributed by atoms with Gasteiger partial charge in [0.2, 0.25) is 0 Å². The summed E-state index contributed by atoms with van der Waals surface area (Å²) in [5.74, 6) is 0.869. The van der Waals surface area contributed by atoms with Crippen LogP contribution in [0.25, 0.3) is 6.08 Å². The smallest absolute Gasteiger partial charge is 0.118 e. The van der Waals surface area contributed by atoms with Gasteiger partial charge in [0.25, 0.3) is 0 Å². The number of nitrogens with one attached hydrogen (secondary N) is 1. The molecule has 0 spiro atoms. The molecule has 0 amide bonds. The van der Waals surface area contributed by atoms with Gasteiger partial charge in [-0.3, -0.25) is 0 Å². The molecule has 0 bridgehead atoms. The molecule has 1 aromatic rings. The van der Waals surface area contributed by atoms with Crippen LogP contribution in [-0.4, -0.2) is 31.9 Å². The summed E-state index contributed by atoms with van der Waals surface area (Å²) < 4.78 is 5.09. The molecule has 88 valence electrons. The Balaban J connectivity index is 2.52. The minimum Gasteiger partial charge on any atom is -0.497 e. The molecule has 0 radical (unpaired) electrons. The maximum atomic E-state index is 8.63. The van der Waals surface area contributed by atoms with Gasteiger partial charge < -0.3 is 15.2 Å². The van der Waals surface area contributed by atoms with E-state index in [-0.39, 0.29) is 6.61 Å². The van der Waals surface area contributed by atoms with Crippen molar-refractivity contribution in [1.29, 1.82) is 0 Å². The van der Waals surface area contributed by atoms with E-state index in [9.17, 15) is 0 Å². The quantitative estimate of drug-likeness (QED) is 0.718. The summed E-state index contributed by atoms with van der Waals surface area (Å²) in [6.07, 6.45) is 2.11. The summed E-state index contributed by atoms with van der Waals surface area (Å²) >= 11 is 0. The number of aliphatic hydroxyl groups is 1. The molecule has 0 unspecified atom stereocenters. The Kier molecular flexibility index (Phi) is 5.61. The third-order valence-electron chi connectivity index (χ3n) is 2.22. The van der Waals surface area contributed by atoms with E-state index in [1.165, 1.54) is 5.57 Å². The zero-order valence-corrected chi connectivity index (χ0v) is 9.86. The van der Waals surface area contributed by atoms with E-state index in [4.69, 9.17) is 9.84 Å². The molecule has 0 fully saturated rings. The Morgan fingerprint density at radius 1 is 1.38 bits per heavy atom. The number of rotatable bonds is 6. The molecular weight excluding hydrogens is 202 g/mol. The first-order valence-corrected chi connectivity index (χ1v) is 5.39. The molecular formula is C13H19NO2. The van der Waals surface area contributed by atoms with E-state index < -0.39 is 0 Å². The van der Waals surface area contributed by atoms with Gasteiger partial charge in [0, 0.05) is 13.1 Å². The van der Waals surface area contributed by atoms with Gasteiger partial charge in [-0.15, -0.1) is 0 Å². The van der Waals surface area contributed by atoms with E-state index >= 15 is 0 Å². The normalized spacial score (nSPS) is 11.6. The summed E-state index contributed by atoms with van der Waals surface area (Å²) in [6, 6.07) is 7.93. The lowest BCUT2D eigenvalue weighted by atomic mass is 10.1. The molecule has 0 aliphatic rings. The van der Waals surface area contributed by atoms with Gasteiger partial charge in [0.15, 0.2) is 0 Å². The highest BCUT2D eigenvalue weighted by atomic mass is 16.5. The first-order valence-electron chi connectivity index (χ1n) is 5.39. The zero-order valence-electron chi connectivity index (χ0n) is 9.86. The van der Waals surface area contributed by atoms with Crippen molar-refractivity contribution in [3.05, 3.63) is 35.4 Å². The highest BCUT2D eigenvalue weighted by Gasteiger charge is 1.93. The molecule has 0 heterocycles. The molecule has 1 aromatic carbocycles. The number of benzene rings is 1. The van der Waals surface area contributed by atoms with Crippen LogP contribution in [-0.2, 0) is 0 Å². The molecule has 0 atom stereocenters. The van der Waals surface area contributed by atoms with Crippen LogP contribution < -0.4 is 10.1 Å². The van der Waals surface area contributed by atoms with E-state index in [0.717, 1.165) is 17.9 Å². The minimum atomic E-state index is 0.176. The van der Waals surface area contributed by atoms with Crippen LogP contribution in [0.3, 0.4) is 0 Å². The zero-order chi connectivity index (χ0) is 11.8. The first kappa shape index (κ1) is 12.7. The summed E-state index contributed by atoms with van der Waals surface area (Å²) in [5, 5.41) is 11.8.